The minimum Gasteiger partial charge on any atom is -0.389 e. The fourth-order valence-electron chi connectivity index (χ4n) is 2.24. The summed E-state index contributed by atoms with van der Waals surface area (Å²) in [5.41, 5.74) is 9.04. The highest BCUT2D eigenvalue weighted by Gasteiger charge is 2.12. The SMILES string of the molecule is CC(c1ccc(Cl)cc1)N(C)Cc1cccc(C(N)=S)c1. The van der Waals surface area contributed by atoms with E-state index in [0.717, 1.165) is 17.1 Å². The lowest BCUT2D eigenvalue weighted by atomic mass is 10.1. The number of nitrogens with two attached hydrogens (primary N) is 1. The second kappa shape index (κ2) is 7.03. The summed E-state index contributed by atoms with van der Waals surface area (Å²) in [6, 6.07) is 16.3. The van der Waals surface area contributed by atoms with E-state index in [1.54, 1.807) is 0 Å². The van der Waals surface area contributed by atoms with Crippen LogP contribution in [0.5, 0.6) is 0 Å². The van der Waals surface area contributed by atoms with Gasteiger partial charge in [-0.3, -0.25) is 4.90 Å². The minimum absolute atomic E-state index is 0.302. The van der Waals surface area contributed by atoms with Gasteiger partial charge in [0.05, 0.1) is 0 Å². The lowest BCUT2D eigenvalue weighted by molar-refractivity contribution is 0.253. The van der Waals surface area contributed by atoms with Crippen LogP contribution in [0.1, 0.15) is 29.7 Å². The number of benzene rings is 2. The molecule has 0 radical (unpaired) electrons. The standard InChI is InChI=1S/C17H19ClN2S/c1-12(14-6-8-16(18)9-7-14)20(2)11-13-4-3-5-15(10-13)17(19)21/h3-10,12H,11H2,1-2H3,(H2,19,21). The molecule has 0 aliphatic heterocycles. The molecule has 21 heavy (non-hydrogen) atoms. The van der Waals surface area contributed by atoms with Crippen LogP contribution in [-0.2, 0) is 6.54 Å². The van der Waals surface area contributed by atoms with Gasteiger partial charge in [-0.25, -0.2) is 0 Å². The Labute approximate surface area is 136 Å². The van der Waals surface area contributed by atoms with Crippen molar-refractivity contribution in [1.82, 2.24) is 4.90 Å². The first kappa shape index (κ1) is 16.0. The zero-order valence-electron chi connectivity index (χ0n) is 12.2. The van der Waals surface area contributed by atoms with Gasteiger partial charge < -0.3 is 5.73 Å². The van der Waals surface area contributed by atoms with Crippen molar-refractivity contribution in [2.75, 3.05) is 7.05 Å². The summed E-state index contributed by atoms with van der Waals surface area (Å²) in [4.78, 5) is 2.72. The topological polar surface area (TPSA) is 29.3 Å². The molecule has 0 bridgehead atoms. The zero-order chi connectivity index (χ0) is 15.4. The van der Waals surface area contributed by atoms with Gasteiger partial charge in [-0.05, 0) is 43.3 Å². The van der Waals surface area contributed by atoms with Gasteiger partial charge in [0, 0.05) is 23.2 Å². The molecule has 2 rings (SSSR count). The molecule has 0 aliphatic rings. The molecule has 0 aliphatic carbocycles. The molecule has 2 nitrogen and oxygen atoms in total. The lowest BCUT2D eigenvalue weighted by Gasteiger charge is -2.25. The van der Waals surface area contributed by atoms with Crippen molar-refractivity contribution in [3.8, 4) is 0 Å². The van der Waals surface area contributed by atoms with Gasteiger partial charge in [0.15, 0.2) is 0 Å². The van der Waals surface area contributed by atoms with Crippen LogP contribution in [0.4, 0.5) is 0 Å². The molecule has 1 atom stereocenters. The summed E-state index contributed by atoms with van der Waals surface area (Å²) in [6.07, 6.45) is 0. The van der Waals surface area contributed by atoms with E-state index in [2.05, 4.69) is 37.1 Å². The third kappa shape index (κ3) is 4.27. The van der Waals surface area contributed by atoms with Crippen molar-refractivity contribution in [2.45, 2.75) is 19.5 Å². The van der Waals surface area contributed by atoms with E-state index in [4.69, 9.17) is 29.6 Å². The average Bonchev–Trinajstić information content (AvgIpc) is 2.47. The second-order valence-electron chi connectivity index (χ2n) is 5.21. The number of hydrogen-bond donors (Lipinski definition) is 1. The predicted octanol–water partition coefficient (Wildman–Crippen LogP) is 4.17. The summed E-state index contributed by atoms with van der Waals surface area (Å²) < 4.78 is 0. The van der Waals surface area contributed by atoms with Crippen molar-refractivity contribution in [3.63, 3.8) is 0 Å². The molecule has 110 valence electrons. The summed E-state index contributed by atoms with van der Waals surface area (Å²) in [5.74, 6) is 0. The Morgan fingerprint density at radius 1 is 1.24 bits per heavy atom. The Morgan fingerprint density at radius 2 is 1.90 bits per heavy atom. The molecule has 0 saturated heterocycles. The quantitative estimate of drug-likeness (QED) is 0.839. The van der Waals surface area contributed by atoms with Crippen LogP contribution >= 0.6 is 23.8 Å². The average molecular weight is 319 g/mol. The first-order valence-corrected chi connectivity index (χ1v) is 7.60. The molecule has 2 N–H and O–H groups in total. The summed E-state index contributed by atoms with van der Waals surface area (Å²) in [7, 11) is 2.10. The third-order valence-electron chi connectivity index (χ3n) is 3.66. The van der Waals surface area contributed by atoms with Gasteiger partial charge in [-0.2, -0.15) is 0 Å². The van der Waals surface area contributed by atoms with Gasteiger partial charge in [-0.15, -0.1) is 0 Å². The van der Waals surface area contributed by atoms with Gasteiger partial charge in [0.2, 0.25) is 0 Å². The van der Waals surface area contributed by atoms with E-state index in [1.807, 2.05) is 30.3 Å². The molecular weight excluding hydrogens is 300 g/mol. The van der Waals surface area contributed by atoms with E-state index in [9.17, 15) is 0 Å². The van der Waals surface area contributed by atoms with Crippen molar-refractivity contribution in [3.05, 3.63) is 70.2 Å². The summed E-state index contributed by atoms with van der Waals surface area (Å²) in [6.45, 7) is 3.01. The van der Waals surface area contributed by atoms with Crippen LogP contribution in [0.2, 0.25) is 5.02 Å². The van der Waals surface area contributed by atoms with E-state index < -0.39 is 0 Å². The van der Waals surface area contributed by atoms with Crippen molar-refractivity contribution >= 4 is 28.8 Å². The van der Waals surface area contributed by atoms with E-state index in [1.165, 1.54) is 11.1 Å². The number of rotatable bonds is 5. The van der Waals surface area contributed by atoms with Crippen LogP contribution in [0, 0.1) is 0 Å². The molecule has 0 spiro atoms. The first-order valence-electron chi connectivity index (χ1n) is 6.82. The van der Waals surface area contributed by atoms with Gasteiger partial charge in [-0.1, -0.05) is 54.2 Å². The van der Waals surface area contributed by atoms with E-state index >= 15 is 0 Å². The molecule has 0 aromatic heterocycles. The molecule has 2 aromatic carbocycles. The monoisotopic (exact) mass is 318 g/mol. The molecule has 0 saturated carbocycles. The van der Waals surface area contributed by atoms with Crippen LogP contribution in [0.25, 0.3) is 0 Å². The van der Waals surface area contributed by atoms with Crippen LogP contribution in [-0.4, -0.2) is 16.9 Å². The normalized spacial score (nSPS) is 12.4. The summed E-state index contributed by atoms with van der Waals surface area (Å²) in [5, 5.41) is 0.762. The highest BCUT2D eigenvalue weighted by atomic mass is 35.5. The number of thiocarbonyl (C=S) groups is 1. The van der Waals surface area contributed by atoms with Gasteiger partial charge >= 0.3 is 0 Å². The molecule has 2 aromatic rings. The van der Waals surface area contributed by atoms with Crippen LogP contribution in [0.15, 0.2) is 48.5 Å². The minimum atomic E-state index is 0.302. The van der Waals surface area contributed by atoms with E-state index in [-0.39, 0.29) is 0 Å². The van der Waals surface area contributed by atoms with Gasteiger partial charge in [0.25, 0.3) is 0 Å². The first-order chi connectivity index (χ1) is 9.97. The van der Waals surface area contributed by atoms with Crippen LogP contribution < -0.4 is 5.73 Å². The fourth-order valence-corrected chi connectivity index (χ4v) is 2.50. The number of halogens is 1. The Kier molecular flexibility index (Phi) is 5.34. The maximum Gasteiger partial charge on any atom is 0.103 e. The molecular formula is C17H19ClN2S. The maximum atomic E-state index is 5.94. The molecule has 1 unspecified atom stereocenters. The molecule has 0 heterocycles. The highest BCUT2D eigenvalue weighted by molar-refractivity contribution is 7.80. The molecule has 4 heteroatoms. The predicted molar refractivity (Wildman–Crippen MR) is 93.7 cm³/mol. The van der Waals surface area contributed by atoms with Crippen molar-refractivity contribution in [2.24, 2.45) is 5.73 Å². The van der Waals surface area contributed by atoms with Gasteiger partial charge in [0.1, 0.15) is 4.99 Å². The molecule has 0 amide bonds. The number of nitrogens with zero attached hydrogens (tertiary/aromatic N) is 1. The zero-order valence-corrected chi connectivity index (χ0v) is 13.8. The van der Waals surface area contributed by atoms with Crippen LogP contribution in [0.3, 0.4) is 0 Å². The Balaban J connectivity index is 2.10. The smallest absolute Gasteiger partial charge is 0.103 e. The van der Waals surface area contributed by atoms with E-state index in [0.29, 0.717) is 11.0 Å². The summed E-state index contributed by atoms with van der Waals surface area (Å²) >= 11 is 11.0. The van der Waals surface area contributed by atoms with Crippen molar-refractivity contribution < 1.29 is 0 Å². The highest BCUT2D eigenvalue weighted by Crippen LogP contribution is 2.22. The fraction of sp³-hybridized carbons (Fsp3) is 0.235. The molecule has 0 fully saturated rings. The maximum absolute atomic E-state index is 5.94. The largest absolute Gasteiger partial charge is 0.389 e. The Morgan fingerprint density at radius 3 is 2.52 bits per heavy atom. The third-order valence-corrected chi connectivity index (χ3v) is 4.14. The Bertz CT molecular complexity index is 625. The lowest BCUT2D eigenvalue weighted by Crippen LogP contribution is -2.22. The van der Waals surface area contributed by atoms with Crippen molar-refractivity contribution in [1.29, 1.82) is 0 Å². The Hall–Kier alpha value is -1.42. The number of hydrogen-bond acceptors (Lipinski definition) is 2. The second-order valence-corrected chi connectivity index (χ2v) is 6.08.